The van der Waals surface area contributed by atoms with Crippen LogP contribution in [0.4, 0.5) is 5.82 Å². The highest BCUT2D eigenvalue weighted by molar-refractivity contribution is 6.05. The largest absolute Gasteiger partial charge is 0.427 e. The number of aryl methyl sites for hydroxylation is 1. The number of nitrogens with zero attached hydrogens (tertiary/aromatic N) is 6. The molecule has 0 radical (unpaired) electrons. The third-order valence-corrected chi connectivity index (χ3v) is 7.15. The van der Waals surface area contributed by atoms with Gasteiger partial charge in [-0.25, -0.2) is 9.78 Å². The van der Waals surface area contributed by atoms with Gasteiger partial charge in [-0.15, -0.1) is 10.2 Å². The van der Waals surface area contributed by atoms with Gasteiger partial charge in [-0.05, 0) is 62.9 Å². The molecule has 2 aromatic heterocycles. The summed E-state index contributed by atoms with van der Waals surface area (Å²) in [7, 11) is 1.57. The minimum Gasteiger partial charge on any atom is -0.427 e. The van der Waals surface area contributed by atoms with Crippen molar-refractivity contribution in [2.45, 2.75) is 67.3 Å². The molecule has 0 atom stereocenters. The minimum atomic E-state index is -0.762. The number of esters is 2. The Morgan fingerprint density at radius 2 is 1.70 bits per heavy atom. The zero-order chi connectivity index (χ0) is 33.4. The summed E-state index contributed by atoms with van der Waals surface area (Å²) in [6.07, 6.45) is 3.80. The molecule has 1 amide bonds. The number of allylic oxidation sites excluding steroid dienone is 1. The number of carbonyl (C=O) groups is 3. The molecule has 0 saturated heterocycles. The third kappa shape index (κ3) is 8.12. The van der Waals surface area contributed by atoms with E-state index in [1.807, 2.05) is 62.4 Å². The van der Waals surface area contributed by atoms with E-state index in [4.69, 9.17) is 14.5 Å². The van der Waals surface area contributed by atoms with Gasteiger partial charge in [0.1, 0.15) is 5.82 Å². The van der Waals surface area contributed by atoms with Crippen LogP contribution < -0.4 is 4.90 Å². The van der Waals surface area contributed by atoms with Crippen molar-refractivity contribution in [3.63, 3.8) is 0 Å². The summed E-state index contributed by atoms with van der Waals surface area (Å²) in [4.78, 5) is 45.2. The standard InChI is InChI=1S/C34H41N7O5/c1-8-9-14-27-35-31(40(7)28(42)19-22(2)3)29(32(43)45-21-46-33(44)34(4,5)6)41(27)20-23-15-17-24(18-16-23)25-12-10-11-13-26(25)30-36-38-39-37-30/h10-13,15-19H,8-9,14,20-21H2,1-7H3,(H,36,37,38,39). The number of imidazole rings is 1. The normalized spacial score (nSPS) is 11.2. The average Bonchev–Trinajstić information content (AvgIpc) is 3.68. The molecule has 0 fully saturated rings. The zero-order valence-corrected chi connectivity index (χ0v) is 27.5. The first-order chi connectivity index (χ1) is 21.9. The summed E-state index contributed by atoms with van der Waals surface area (Å²) in [5, 5.41) is 14.5. The van der Waals surface area contributed by atoms with Crippen molar-refractivity contribution in [1.29, 1.82) is 0 Å². The van der Waals surface area contributed by atoms with Crippen LogP contribution in [0, 0.1) is 5.41 Å². The number of hydrogen-bond donors (Lipinski definition) is 1. The molecule has 0 unspecified atom stereocenters. The number of aromatic amines is 1. The average molecular weight is 628 g/mol. The number of amides is 1. The quantitative estimate of drug-likeness (QED) is 0.118. The maximum Gasteiger partial charge on any atom is 0.361 e. The first-order valence-corrected chi connectivity index (χ1v) is 15.2. The second-order valence-electron chi connectivity index (χ2n) is 12.2. The van der Waals surface area contributed by atoms with Crippen LogP contribution in [0.25, 0.3) is 22.5 Å². The number of H-pyrrole nitrogens is 1. The summed E-state index contributed by atoms with van der Waals surface area (Å²) in [5.74, 6) is -0.284. The van der Waals surface area contributed by atoms with Gasteiger partial charge in [0.25, 0.3) is 5.91 Å². The predicted molar refractivity (Wildman–Crippen MR) is 174 cm³/mol. The van der Waals surface area contributed by atoms with E-state index in [1.165, 1.54) is 11.0 Å². The molecule has 12 nitrogen and oxygen atoms in total. The Hall–Kier alpha value is -5.13. The second-order valence-corrected chi connectivity index (χ2v) is 12.2. The summed E-state index contributed by atoms with van der Waals surface area (Å²) in [6.45, 7) is 10.6. The third-order valence-electron chi connectivity index (χ3n) is 7.15. The molecule has 0 spiro atoms. The highest BCUT2D eigenvalue weighted by Crippen LogP contribution is 2.31. The van der Waals surface area contributed by atoms with Crippen molar-refractivity contribution in [2.75, 3.05) is 18.7 Å². The van der Waals surface area contributed by atoms with E-state index >= 15 is 0 Å². The van der Waals surface area contributed by atoms with Crippen LogP contribution in [0.2, 0.25) is 0 Å². The lowest BCUT2D eigenvalue weighted by Crippen LogP contribution is -2.28. The van der Waals surface area contributed by atoms with Crippen molar-refractivity contribution < 1.29 is 23.9 Å². The molecule has 0 aliphatic heterocycles. The van der Waals surface area contributed by atoms with Crippen LogP contribution in [-0.4, -0.2) is 61.9 Å². The molecule has 0 aliphatic rings. The lowest BCUT2D eigenvalue weighted by atomic mass is 9.98. The summed E-state index contributed by atoms with van der Waals surface area (Å²) < 4.78 is 12.4. The Morgan fingerprint density at radius 1 is 1.00 bits per heavy atom. The Balaban J connectivity index is 1.72. The van der Waals surface area contributed by atoms with Gasteiger partial charge in [0.15, 0.2) is 11.5 Å². The molecule has 1 N–H and O–H groups in total. The number of ether oxygens (including phenoxy) is 2. The smallest absolute Gasteiger partial charge is 0.361 e. The molecule has 4 rings (SSSR count). The van der Waals surface area contributed by atoms with Crippen molar-refractivity contribution in [1.82, 2.24) is 30.2 Å². The number of unbranched alkanes of at least 4 members (excludes halogenated alkanes) is 1. The van der Waals surface area contributed by atoms with Crippen LogP contribution in [0.15, 0.2) is 60.2 Å². The second kappa shape index (κ2) is 14.8. The van der Waals surface area contributed by atoms with Gasteiger partial charge < -0.3 is 14.0 Å². The maximum absolute atomic E-state index is 13.7. The Labute approximate surface area is 268 Å². The molecule has 0 aliphatic carbocycles. The van der Waals surface area contributed by atoms with Gasteiger partial charge in [0.05, 0.1) is 5.41 Å². The highest BCUT2D eigenvalue weighted by atomic mass is 16.7. The molecule has 242 valence electrons. The number of likely N-dealkylation sites (N-methyl/N-ethyl adjacent to an activating group) is 1. The molecule has 46 heavy (non-hydrogen) atoms. The molecular weight excluding hydrogens is 586 g/mol. The van der Waals surface area contributed by atoms with Gasteiger partial charge in [0, 0.05) is 31.7 Å². The van der Waals surface area contributed by atoms with Crippen molar-refractivity contribution in [3.05, 3.63) is 77.3 Å². The fourth-order valence-electron chi connectivity index (χ4n) is 4.66. The molecule has 2 aromatic carbocycles. The SMILES string of the molecule is CCCCc1nc(N(C)C(=O)C=C(C)C)c(C(=O)OCOC(=O)C(C)(C)C)n1Cc1ccc(-c2ccccc2-c2nn[nH]n2)cc1. The summed E-state index contributed by atoms with van der Waals surface area (Å²) in [5.41, 5.74) is 3.78. The molecular formula is C34H41N7O5. The fraction of sp³-hybridized carbons (Fsp3) is 0.382. The summed E-state index contributed by atoms with van der Waals surface area (Å²) >= 11 is 0. The van der Waals surface area contributed by atoms with E-state index in [2.05, 4.69) is 27.5 Å². The number of nitrogens with one attached hydrogen (secondary N) is 1. The molecule has 2 heterocycles. The van der Waals surface area contributed by atoms with E-state index in [1.54, 1.807) is 32.4 Å². The Kier molecular flexibility index (Phi) is 10.8. The Morgan fingerprint density at radius 3 is 2.30 bits per heavy atom. The lowest BCUT2D eigenvalue weighted by Gasteiger charge is -2.18. The van der Waals surface area contributed by atoms with Crippen LogP contribution in [-0.2, 0) is 32.0 Å². The van der Waals surface area contributed by atoms with E-state index in [0.29, 0.717) is 18.1 Å². The number of aromatic nitrogens is 6. The maximum atomic E-state index is 13.7. The number of anilines is 1. The topological polar surface area (TPSA) is 145 Å². The fourth-order valence-corrected chi connectivity index (χ4v) is 4.66. The first kappa shape index (κ1) is 33.8. The zero-order valence-electron chi connectivity index (χ0n) is 27.5. The van der Waals surface area contributed by atoms with Crippen LogP contribution in [0.3, 0.4) is 0 Å². The highest BCUT2D eigenvalue weighted by Gasteiger charge is 2.30. The van der Waals surface area contributed by atoms with E-state index in [9.17, 15) is 14.4 Å². The molecule has 12 heteroatoms. The summed E-state index contributed by atoms with van der Waals surface area (Å²) in [6, 6.07) is 15.7. The minimum absolute atomic E-state index is 0.0995. The van der Waals surface area contributed by atoms with E-state index < -0.39 is 24.1 Å². The number of carbonyl (C=O) groups excluding carboxylic acids is 3. The van der Waals surface area contributed by atoms with Crippen LogP contribution in [0.1, 0.15) is 76.3 Å². The van der Waals surface area contributed by atoms with Gasteiger partial charge in [0.2, 0.25) is 12.6 Å². The van der Waals surface area contributed by atoms with Crippen LogP contribution in [0.5, 0.6) is 0 Å². The number of hydrogen-bond acceptors (Lipinski definition) is 9. The Bertz CT molecular complexity index is 1700. The van der Waals surface area contributed by atoms with E-state index in [0.717, 1.165) is 40.7 Å². The van der Waals surface area contributed by atoms with Gasteiger partial charge in [-0.2, -0.15) is 5.21 Å². The molecule has 0 bridgehead atoms. The number of rotatable bonds is 12. The van der Waals surface area contributed by atoms with Crippen molar-refractivity contribution in [2.24, 2.45) is 5.41 Å². The molecule has 0 saturated carbocycles. The van der Waals surface area contributed by atoms with Gasteiger partial charge in [-0.1, -0.05) is 67.4 Å². The molecule has 4 aromatic rings. The van der Waals surface area contributed by atoms with Crippen LogP contribution >= 0.6 is 0 Å². The lowest BCUT2D eigenvalue weighted by molar-refractivity contribution is -0.161. The number of tetrazole rings is 1. The van der Waals surface area contributed by atoms with E-state index in [-0.39, 0.29) is 24.0 Å². The van der Waals surface area contributed by atoms with Gasteiger partial charge in [-0.3, -0.25) is 14.5 Å². The predicted octanol–water partition coefficient (Wildman–Crippen LogP) is 5.75. The van der Waals surface area contributed by atoms with Gasteiger partial charge >= 0.3 is 11.9 Å². The van der Waals surface area contributed by atoms with Crippen molar-refractivity contribution in [3.8, 4) is 22.5 Å². The van der Waals surface area contributed by atoms with Crippen molar-refractivity contribution >= 4 is 23.7 Å². The first-order valence-electron chi connectivity index (χ1n) is 15.2. The monoisotopic (exact) mass is 627 g/mol. The number of benzene rings is 2.